The second kappa shape index (κ2) is 14.4. The second-order valence-electron chi connectivity index (χ2n) is 8.47. The third-order valence-electron chi connectivity index (χ3n) is 5.67. The largest absolute Gasteiger partial charge is 0.456 e. The Labute approximate surface area is 232 Å². The maximum atomic E-state index is 12.3. The van der Waals surface area contributed by atoms with Crippen LogP contribution < -0.4 is 15.4 Å². The molecule has 0 unspecified atom stereocenters. The molecule has 0 fully saturated rings. The van der Waals surface area contributed by atoms with E-state index in [1.807, 2.05) is 32.0 Å². The number of anilines is 2. The van der Waals surface area contributed by atoms with Crippen molar-refractivity contribution < 1.29 is 23.9 Å². The lowest BCUT2D eigenvalue weighted by atomic mass is 10.0. The fourth-order valence-electron chi connectivity index (χ4n) is 3.70. The highest BCUT2D eigenvalue weighted by atomic mass is 35.5. The average Bonchev–Trinajstić information content (AvgIpc) is 2.90. The van der Waals surface area contributed by atoms with Gasteiger partial charge in [0.2, 0.25) is 5.91 Å². The van der Waals surface area contributed by atoms with E-state index in [1.165, 1.54) is 0 Å². The second-order valence-corrected chi connectivity index (χ2v) is 9.31. The fraction of sp³-hybridized carbons (Fsp3) is 0.276. The van der Waals surface area contributed by atoms with E-state index in [9.17, 15) is 14.4 Å². The van der Waals surface area contributed by atoms with Crippen LogP contribution in [-0.2, 0) is 32.0 Å². The van der Waals surface area contributed by atoms with Gasteiger partial charge in [0.15, 0.2) is 6.61 Å². The summed E-state index contributed by atoms with van der Waals surface area (Å²) in [5, 5.41) is 6.53. The first-order valence-electron chi connectivity index (χ1n) is 12.4. The summed E-state index contributed by atoms with van der Waals surface area (Å²) in [6.45, 7) is 3.66. The number of carbonyl (C=O) groups is 3. The molecule has 0 aromatic heterocycles. The quantitative estimate of drug-likeness (QED) is 0.230. The Hall–Kier alpha value is -3.55. The molecule has 2 N–H and O–H groups in total. The lowest BCUT2D eigenvalue weighted by molar-refractivity contribution is -0.147. The van der Waals surface area contributed by atoms with E-state index in [0.717, 1.165) is 29.7 Å². The molecule has 0 atom stereocenters. The van der Waals surface area contributed by atoms with Crippen LogP contribution in [0.25, 0.3) is 0 Å². The van der Waals surface area contributed by atoms with Crippen molar-refractivity contribution in [3.63, 3.8) is 0 Å². The molecule has 3 rings (SSSR count). The molecule has 0 aliphatic heterocycles. The Kier molecular flexibility index (Phi) is 11.0. The Bertz CT molecular complexity index is 1260. The van der Waals surface area contributed by atoms with Gasteiger partial charge < -0.3 is 20.1 Å². The lowest BCUT2D eigenvalue weighted by Crippen LogP contribution is -2.22. The molecule has 0 radical (unpaired) electrons. The summed E-state index contributed by atoms with van der Waals surface area (Å²) in [6.07, 6.45) is 2.01. The molecule has 0 saturated heterocycles. The van der Waals surface area contributed by atoms with Crippen LogP contribution in [0.3, 0.4) is 0 Å². The Morgan fingerprint density at radius 3 is 2.13 bits per heavy atom. The molecular formula is C29H30Cl2N2O5. The van der Waals surface area contributed by atoms with E-state index in [4.69, 9.17) is 32.7 Å². The molecule has 0 saturated carbocycles. The SMILES string of the molecule is CCc1cccc(CC)c1NC(=O)COC(=O)CCCC(=O)Nc1ccc(Oc2ccc(Cl)cc2Cl)cc1. The molecule has 200 valence electrons. The van der Waals surface area contributed by atoms with Gasteiger partial charge in [-0.1, -0.05) is 55.2 Å². The van der Waals surface area contributed by atoms with Crippen molar-refractivity contribution in [3.8, 4) is 11.5 Å². The van der Waals surface area contributed by atoms with Gasteiger partial charge >= 0.3 is 5.97 Å². The summed E-state index contributed by atoms with van der Waals surface area (Å²) < 4.78 is 10.8. The highest BCUT2D eigenvalue weighted by Gasteiger charge is 2.13. The van der Waals surface area contributed by atoms with Gasteiger partial charge in [-0.2, -0.15) is 0 Å². The van der Waals surface area contributed by atoms with Crippen molar-refractivity contribution in [2.24, 2.45) is 0 Å². The zero-order chi connectivity index (χ0) is 27.5. The molecule has 2 amide bonds. The van der Waals surface area contributed by atoms with Crippen LogP contribution in [0.5, 0.6) is 11.5 Å². The summed E-state index contributed by atoms with van der Waals surface area (Å²) in [4.78, 5) is 36.6. The standard InChI is InChI=1S/C29H30Cl2N2O5/c1-3-19-7-5-8-20(4-2)29(19)33-27(35)18-37-28(36)10-6-9-26(34)32-22-12-14-23(15-13-22)38-25-16-11-21(30)17-24(25)31/h5,7-8,11-17H,3-4,6,9-10,18H2,1-2H3,(H,32,34)(H,33,35). The molecular weight excluding hydrogens is 527 g/mol. The van der Waals surface area contributed by atoms with Gasteiger partial charge in [0.25, 0.3) is 5.91 Å². The first-order chi connectivity index (χ1) is 18.3. The van der Waals surface area contributed by atoms with Crippen molar-refractivity contribution in [2.45, 2.75) is 46.0 Å². The van der Waals surface area contributed by atoms with E-state index in [0.29, 0.717) is 33.7 Å². The van der Waals surface area contributed by atoms with Crippen LogP contribution in [0.2, 0.25) is 10.0 Å². The molecule has 0 heterocycles. The van der Waals surface area contributed by atoms with Gasteiger partial charge in [0.05, 0.1) is 5.02 Å². The summed E-state index contributed by atoms with van der Waals surface area (Å²) in [5.74, 6) is -0.155. The summed E-state index contributed by atoms with van der Waals surface area (Å²) in [6, 6.07) is 17.6. The fourth-order valence-corrected chi connectivity index (χ4v) is 4.15. The summed E-state index contributed by atoms with van der Waals surface area (Å²) >= 11 is 12.0. The minimum atomic E-state index is -0.533. The van der Waals surface area contributed by atoms with E-state index < -0.39 is 11.9 Å². The third-order valence-corrected chi connectivity index (χ3v) is 6.20. The molecule has 0 aliphatic rings. The molecule has 7 nitrogen and oxygen atoms in total. The van der Waals surface area contributed by atoms with Crippen molar-refractivity contribution in [3.05, 3.63) is 81.8 Å². The number of carbonyl (C=O) groups excluding carboxylic acids is 3. The lowest BCUT2D eigenvalue weighted by Gasteiger charge is -2.14. The number of nitrogens with one attached hydrogen (secondary N) is 2. The normalized spacial score (nSPS) is 10.5. The van der Waals surface area contributed by atoms with Gasteiger partial charge in [-0.15, -0.1) is 0 Å². The van der Waals surface area contributed by atoms with Gasteiger partial charge in [-0.25, -0.2) is 0 Å². The number of halogens is 2. The van der Waals surface area contributed by atoms with E-state index in [1.54, 1.807) is 42.5 Å². The van der Waals surface area contributed by atoms with Crippen LogP contribution in [0.15, 0.2) is 60.7 Å². The average molecular weight is 557 g/mol. The molecule has 0 aliphatic carbocycles. The first kappa shape index (κ1) is 29.0. The van der Waals surface area contributed by atoms with Crippen molar-refractivity contribution >= 4 is 52.4 Å². The smallest absolute Gasteiger partial charge is 0.306 e. The van der Waals surface area contributed by atoms with E-state index in [2.05, 4.69) is 10.6 Å². The van der Waals surface area contributed by atoms with Crippen LogP contribution in [0.1, 0.15) is 44.2 Å². The van der Waals surface area contributed by atoms with Gasteiger partial charge in [0.1, 0.15) is 11.5 Å². The Balaban J connectivity index is 1.37. The number of ether oxygens (including phenoxy) is 2. The molecule has 3 aromatic carbocycles. The van der Waals surface area contributed by atoms with E-state index >= 15 is 0 Å². The summed E-state index contributed by atoms with van der Waals surface area (Å²) in [5.41, 5.74) is 3.43. The predicted octanol–water partition coefficient (Wildman–Crippen LogP) is 7.20. The zero-order valence-electron chi connectivity index (χ0n) is 21.3. The van der Waals surface area contributed by atoms with Gasteiger partial charge in [0, 0.05) is 29.2 Å². The van der Waals surface area contributed by atoms with Crippen LogP contribution in [-0.4, -0.2) is 24.4 Å². The minimum absolute atomic E-state index is 0.0289. The molecule has 9 heteroatoms. The highest BCUT2D eigenvalue weighted by molar-refractivity contribution is 6.35. The minimum Gasteiger partial charge on any atom is -0.456 e. The number of para-hydroxylation sites is 1. The number of esters is 1. The van der Waals surface area contributed by atoms with E-state index in [-0.39, 0.29) is 25.4 Å². The molecule has 0 spiro atoms. The predicted molar refractivity (Wildman–Crippen MR) is 150 cm³/mol. The number of hydrogen-bond donors (Lipinski definition) is 2. The third kappa shape index (κ3) is 8.78. The van der Waals surface area contributed by atoms with Crippen molar-refractivity contribution in [2.75, 3.05) is 17.2 Å². The van der Waals surface area contributed by atoms with Gasteiger partial charge in [-0.3, -0.25) is 14.4 Å². The zero-order valence-corrected chi connectivity index (χ0v) is 22.8. The first-order valence-corrected chi connectivity index (χ1v) is 13.1. The summed E-state index contributed by atoms with van der Waals surface area (Å²) in [7, 11) is 0. The van der Waals surface area contributed by atoms with Gasteiger partial charge in [-0.05, 0) is 72.9 Å². The topological polar surface area (TPSA) is 93.7 Å². The maximum absolute atomic E-state index is 12.3. The number of aryl methyl sites for hydroxylation is 2. The van der Waals surface area contributed by atoms with Crippen molar-refractivity contribution in [1.82, 2.24) is 0 Å². The number of rotatable bonds is 12. The number of hydrogen-bond acceptors (Lipinski definition) is 5. The molecule has 38 heavy (non-hydrogen) atoms. The van der Waals surface area contributed by atoms with Crippen LogP contribution in [0.4, 0.5) is 11.4 Å². The van der Waals surface area contributed by atoms with Crippen molar-refractivity contribution in [1.29, 1.82) is 0 Å². The monoisotopic (exact) mass is 556 g/mol. The number of benzene rings is 3. The maximum Gasteiger partial charge on any atom is 0.306 e. The molecule has 0 bridgehead atoms. The highest BCUT2D eigenvalue weighted by Crippen LogP contribution is 2.32. The molecule has 3 aromatic rings. The van der Waals surface area contributed by atoms with Crippen LogP contribution >= 0.6 is 23.2 Å². The number of amides is 2. The van der Waals surface area contributed by atoms with Crippen LogP contribution in [0, 0.1) is 0 Å². The Morgan fingerprint density at radius 1 is 0.816 bits per heavy atom. The Morgan fingerprint density at radius 2 is 1.50 bits per heavy atom.